The lowest BCUT2D eigenvalue weighted by atomic mass is 10.1. The average Bonchev–Trinajstić information content (AvgIpc) is 2.57. The number of anilines is 1. The topological polar surface area (TPSA) is 75.6 Å². The van der Waals surface area contributed by atoms with Crippen molar-refractivity contribution in [3.8, 4) is 5.75 Å². The van der Waals surface area contributed by atoms with Crippen molar-refractivity contribution in [3.05, 3.63) is 59.2 Å². The summed E-state index contributed by atoms with van der Waals surface area (Å²) >= 11 is 0. The maximum absolute atomic E-state index is 12.1. The number of esters is 1. The summed E-state index contributed by atoms with van der Waals surface area (Å²) in [5.41, 5.74) is 2.42. The van der Waals surface area contributed by atoms with E-state index in [0.717, 1.165) is 6.42 Å². The fraction of sp³-hybridized carbons (Fsp3) is 0.263. The van der Waals surface area contributed by atoms with Gasteiger partial charge in [0.15, 0.2) is 6.10 Å². The van der Waals surface area contributed by atoms with Gasteiger partial charge in [-0.3, -0.25) is 4.79 Å². The van der Waals surface area contributed by atoms with Crippen molar-refractivity contribution in [3.63, 3.8) is 0 Å². The van der Waals surface area contributed by atoms with Gasteiger partial charge in [0, 0.05) is 5.69 Å². The highest BCUT2D eigenvalue weighted by Crippen LogP contribution is 2.22. The van der Waals surface area contributed by atoms with Crippen LogP contribution in [-0.2, 0) is 16.0 Å². The standard InChI is InChI=1S/C19H21NO4/c1-4-14-8-10-15(11-9-14)20-18(22)13(3)24-19(23)16-7-5-6-12(2)17(16)21/h5-11,13,21H,4H2,1-3H3,(H,20,22)/t13-/m1/s1. The molecule has 5 heteroatoms. The molecule has 2 N–H and O–H groups in total. The van der Waals surface area contributed by atoms with Crippen LogP contribution in [0.2, 0.25) is 0 Å². The maximum Gasteiger partial charge on any atom is 0.342 e. The maximum atomic E-state index is 12.1. The monoisotopic (exact) mass is 327 g/mol. The quantitative estimate of drug-likeness (QED) is 0.825. The summed E-state index contributed by atoms with van der Waals surface area (Å²) in [4.78, 5) is 24.2. The first-order chi connectivity index (χ1) is 11.4. The Hall–Kier alpha value is -2.82. The average molecular weight is 327 g/mol. The second-order valence-corrected chi connectivity index (χ2v) is 5.56. The van der Waals surface area contributed by atoms with Gasteiger partial charge >= 0.3 is 5.97 Å². The molecule has 2 aromatic rings. The third-order valence-electron chi connectivity index (χ3n) is 3.74. The highest BCUT2D eigenvalue weighted by molar-refractivity contribution is 5.98. The summed E-state index contributed by atoms with van der Waals surface area (Å²) < 4.78 is 5.14. The summed E-state index contributed by atoms with van der Waals surface area (Å²) in [5, 5.41) is 12.6. The van der Waals surface area contributed by atoms with Crippen LogP contribution in [-0.4, -0.2) is 23.1 Å². The van der Waals surface area contributed by atoms with Gasteiger partial charge in [-0.15, -0.1) is 0 Å². The van der Waals surface area contributed by atoms with Crippen LogP contribution in [0.3, 0.4) is 0 Å². The number of aryl methyl sites for hydroxylation is 2. The molecule has 0 saturated heterocycles. The Balaban J connectivity index is 2.00. The number of nitrogens with one attached hydrogen (secondary N) is 1. The first-order valence-corrected chi connectivity index (χ1v) is 7.81. The van der Waals surface area contributed by atoms with Crippen LogP contribution in [0.5, 0.6) is 5.75 Å². The molecule has 0 aliphatic rings. The molecule has 0 heterocycles. The second kappa shape index (κ2) is 7.64. The normalized spacial score (nSPS) is 11.6. The Labute approximate surface area is 141 Å². The lowest BCUT2D eigenvalue weighted by molar-refractivity contribution is -0.123. The van der Waals surface area contributed by atoms with E-state index >= 15 is 0 Å². The third kappa shape index (κ3) is 4.13. The molecule has 24 heavy (non-hydrogen) atoms. The Kier molecular flexibility index (Phi) is 5.58. The summed E-state index contributed by atoms with van der Waals surface area (Å²) in [6.07, 6.45) is -0.0642. The molecule has 2 rings (SSSR count). The van der Waals surface area contributed by atoms with Gasteiger partial charge < -0.3 is 15.2 Å². The van der Waals surface area contributed by atoms with E-state index in [-0.39, 0.29) is 11.3 Å². The molecule has 0 fully saturated rings. The number of benzene rings is 2. The van der Waals surface area contributed by atoms with Crippen molar-refractivity contribution in [1.29, 1.82) is 0 Å². The number of amides is 1. The molecule has 1 amide bonds. The van der Waals surface area contributed by atoms with Gasteiger partial charge in [0.2, 0.25) is 0 Å². The minimum Gasteiger partial charge on any atom is -0.507 e. The molecule has 2 aromatic carbocycles. The largest absolute Gasteiger partial charge is 0.507 e. The Bertz CT molecular complexity index is 738. The smallest absolute Gasteiger partial charge is 0.342 e. The van der Waals surface area contributed by atoms with Crippen LogP contribution in [0.1, 0.15) is 35.3 Å². The number of phenolic OH excluding ortho intramolecular Hbond substituents is 1. The van der Waals surface area contributed by atoms with E-state index in [1.54, 1.807) is 31.2 Å². The molecule has 1 atom stereocenters. The number of carbonyl (C=O) groups excluding carboxylic acids is 2. The van der Waals surface area contributed by atoms with Gasteiger partial charge in [-0.2, -0.15) is 0 Å². The number of aromatic hydroxyl groups is 1. The SMILES string of the molecule is CCc1ccc(NC(=O)[C@@H](C)OC(=O)c2cccc(C)c2O)cc1. The van der Waals surface area contributed by atoms with Crippen LogP contribution in [0.25, 0.3) is 0 Å². The van der Waals surface area contributed by atoms with E-state index in [1.807, 2.05) is 12.1 Å². The van der Waals surface area contributed by atoms with E-state index in [9.17, 15) is 14.7 Å². The van der Waals surface area contributed by atoms with Gasteiger partial charge in [-0.1, -0.05) is 31.2 Å². The summed E-state index contributed by atoms with van der Waals surface area (Å²) in [5.74, 6) is -1.30. The van der Waals surface area contributed by atoms with Gasteiger partial charge in [0.05, 0.1) is 0 Å². The number of phenols is 1. The Morgan fingerprint density at radius 1 is 1.17 bits per heavy atom. The van der Waals surface area contributed by atoms with Crippen molar-refractivity contribution in [2.24, 2.45) is 0 Å². The number of carbonyl (C=O) groups is 2. The van der Waals surface area contributed by atoms with Crippen LogP contribution < -0.4 is 5.32 Å². The second-order valence-electron chi connectivity index (χ2n) is 5.56. The molecule has 0 unspecified atom stereocenters. The van der Waals surface area contributed by atoms with Gasteiger partial charge in [-0.05, 0) is 49.6 Å². The molecule has 0 bridgehead atoms. The molecule has 0 aliphatic carbocycles. The predicted octanol–water partition coefficient (Wildman–Crippen LogP) is 3.45. The van der Waals surface area contributed by atoms with Gasteiger partial charge in [-0.25, -0.2) is 4.79 Å². The van der Waals surface area contributed by atoms with Gasteiger partial charge in [0.1, 0.15) is 11.3 Å². The van der Waals surface area contributed by atoms with Crippen LogP contribution in [0, 0.1) is 6.92 Å². The summed E-state index contributed by atoms with van der Waals surface area (Å²) in [6, 6.07) is 12.2. The lowest BCUT2D eigenvalue weighted by Crippen LogP contribution is -2.30. The highest BCUT2D eigenvalue weighted by atomic mass is 16.5. The number of rotatable bonds is 5. The minimum atomic E-state index is -0.983. The zero-order chi connectivity index (χ0) is 17.7. The molecule has 0 saturated carbocycles. The first kappa shape index (κ1) is 17.5. The first-order valence-electron chi connectivity index (χ1n) is 7.81. The molecule has 0 aromatic heterocycles. The number of para-hydroxylation sites is 1. The molecular formula is C19H21NO4. The fourth-order valence-corrected chi connectivity index (χ4v) is 2.17. The fourth-order valence-electron chi connectivity index (χ4n) is 2.17. The Morgan fingerprint density at radius 2 is 1.83 bits per heavy atom. The molecule has 126 valence electrons. The van der Waals surface area contributed by atoms with Crippen molar-refractivity contribution < 1.29 is 19.4 Å². The van der Waals surface area contributed by atoms with Gasteiger partial charge in [0.25, 0.3) is 5.91 Å². The highest BCUT2D eigenvalue weighted by Gasteiger charge is 2.21. The van der Waals surface area contributed by atoms with Crippen molar-refractivity contribution in [1.82, 2.24) is 0 Å². The van der Waals surface area contributed by atoms with Crippen LogP contribution in [0.4, 0.5) is 5.69 Å². The van der Waals surface area contributed by atoms with Crippen molar-refractivity contribution in [2.75, 3.05) is 5.32 Å². The lowest BCUT2D eigenvalue weighted by Gasteiger charge is -2.14. The van der Waals surface area contributed by atoms with E-state index in [4.69, 9.17) is 4.74 Å². The van der Waals surface area contributed by atoms with E-state index in [2.05, 4.69) is 12.2 Å². The van der Waals surface area contributed by atoms with E-state index < -0.39 is 18.0 Å². The molecular weight excluding hydrogens is 306 g/mol. The molecule has 0 aliphatic heterocycles. The predicted molar refractivity (Wildman–Crippen MR) is 92.2 cm³/mol. The van der Waals surface area contributed by atoms with Crippen LogP contribution >= 0.6 is 0 Å². The zero-order valence-corrected chi connectivity index (χ0v) is 14.0. The zero-order valence-electron chi connectivity index (χ0n) is 14.0. The van der Waals surface area contributed by atoms with Crippen molar-refractivity contribution >= 4 is 17.6 Å². The number of ether oxygens (including phenoxy) is 1. The minimum absolute atomic E-state index is 0.0435. The third-order valence-corrected chi connectivity index (χ3v) is 3.74. The Morgan fingerprint density at radius 3 is 2.46 bits per heavy atom. The van der Waals surface area contributed by atoms with Crippen molar-refractivity contribution in [2.45, 2.75) is 33.3 Å². The summed E-state index contributed by atoms with van der Waals surface area (Å²) in [6.45, 7) is 5.22. The summed E-state index contributed by atoms with van der Waals surface area (Å²) in [7, 11) is 0. The van der Waals surface area contributed by atoms with Crippen LogP contribution in [0.15, 0.2) is 42.5 Å². The molecule has 5 nitrogen and oxygen atoms in total. The van der Waals surface area contributed by atoms with E-state index in [0.29, 0.717) is 11.3 Å². The van der Waals surface area contributed by atoms with E-state index in [1.165, 1.54) is 18.6 Å². The number of hydrogen-bond donors (Lipinski definition) is 2. The molecule has 0 radical (unpaired) electrons. The number of hydrogen-bond acceptors (Lipinski definition) is 4. The molecule has 0 spiro atoms.